The van der Waals surface area contributed by atoms with E-state index in [1.807, 2.05) is 0 Å². The van der Waals surface area contributed by atoms with Crippen molar-refractivity contribution >= 4 is 0 Å². The fourth-order valence-corrected chi connectivity index (χ4v) is 1.44. The molecule has 1 unspecified atom stereocenters. The summed E-state index contributed by atoms with van der Waals surface area (Å²) in [5.41, 5.74) is -0.869. The molecule has 0 rings (SSSR count). The molecule has 0 fully saturated rings. The van der Waals surface area contributed by atoms with Crippen LogP contribution in [0.4, 0.5) is 13.2 Å². The maximum absolute atomic E-state index is 11.9. The molecule has 0 heterocycles. The lowest BCUT2D eigenvalue weighted by atomic mass is 9.83. The fraction of sp³-hybridized carbons (Fsp3) is 1.00. The minimum absolute atomic E-state index is 0.000638. The first-order chi connectivity index (χ1) is 6.91. The van der Waals surface area contributed by atoms with Gasteiger partial charge in [-0.05, 0) is 38.0 Å². The highest BCUT2D eigenvalue weighted by Crippen LogP contribution is 2.30. The van der Waals surface area contributed by atoms with Gasteiger partial charge in [-0.3, -0.25) is 0 Å². The van der Waals surface area contributed by atoms with Gasteiger partial charge in [-0.15, -0.1) is 0 Å². The summed E-state index contributed by atoms with van der Waals surface area (Å²) in [5.74, 6) is 0. The quantitative estimate of drug-likeness (QED) is 0.759. The Morgan fingerprint density at radius 3 is 1.69 bits per heavy atom. The Balaban J connectivity index is 3.88. The molecule has 98 valence electrons. The Morgan fingerprint density at radius 1 is 0.812 bits per heavy atom. The van der Waals surface area contributed by atoms with Crippen molar-refractivity contribution in [2.75, 3.05) is 0 Å². The summed E-state index contributed by atoms with van der Waals surface area (Å²) >= 11 is 0. The predicted octanol–water partition coefficient (Wildman–Crippen LogP) is 4.30. The normalized spacial score (nSPS) is 17.2. The van der Waals surface area contributed by atoms with E-state index in [0.29, 0.717) is 6.42 Å². The van der Waals surface area contributed by atoms with Crippen molar-refractivity contribution in [3.8, 4) is 0 Å². The fourth-order valence-electron chi connectivity index (χ4n) is 1.44. The van der Waals surface area contributed by atoms with Crippen LogP contribution in [0.3, 0.4) is 0 Å². The van der Waals surface area contributed by atoms with Crippen LogP contribution in [-0.4, -0.2) is 16.9 Å². The summed E-state index contributed by atoms with van der Waals surface area (Å²) in [5, 5.41) is 9.91. The van der Waals surface area contributed by atoms with E-state index in [1.54, 1.807) is 6.92 Å². The van der Waals surface area contributed by atoms with Crippen molar-refractivity contribution in [2.24, 2.45) is 5.41 Å². The SMILES string of the molecule is CC(C)(C)CCC(C)(O)CCCC(F)(F)F. The predicted molar refractivity (Wildman–Crippen MR) is 59.2 cm³/mol. The molecule has 1 N–H and O–H groups in total. The third-order valence-electron chi connectivity index (χ3n) is 2.59. The lowest BCUT2D eigenvalue weighted by Crippen LogP contribution is -2.26. The number of hydrogen-bond acceptors (Lipinski definition) is 1. The van der Waals surface area contributed by atoms with Crippen LogP contribution >= 0.6 is 0 Å². The number of aliphatic hydroxyl groups is 1. The molecule has 0 spiro atoms. The second-order valence-electron chi connectivity index (χ2n) is 6.03. The van der Waals surface area contributed by atoms with Crippen LogP contribution in [-0.2, 0) is 0 Å². The van der Waals surface area contributed by atoms with E-state index < -0.39 is 18.2 Å². The molecule has 0 aromatic rings. The zero-order valence-corrected chi connectivity index (χ0v) is 10.6. The molecule has 0 radical (unpaired) electrons. The van der Waals surface area contributed by atoms with Crippen LogP contribution in [0, 0.1) is 5.41 Å². The molecular weight excluding hydrogens is 217 g/mol. The molecule has 1 nitrogen and oxygen atoms in total. The highest BCUT2D eigenvalue weighted by Gasteiger charge is 2.29. The minimum Gasteiger partial charge on any atom is -0.390 e. The monoisotopic (exact) mass is 240 g/mol. The minimum atomic E-state index is -4.11. The molecule has 0 amide bonds. The molecule has 16 heavy (non-hydrogen) atoms. The number of hydrogen-bond donors (Lipinski definition) is 1. The van der Waals surface area contributed by atoms with Gasteiger partial charge in [0, 0.05) is 6.42 Å². The first-order valence-corrected chi connectivity index (χ1v) is 5.70. The average molecular weight is 240 g/mol. The standard InChI is InChI=1S/C12H23F3O/c1-10(2,3)8-9-11(4,16)6-5-7-12(13,14)15/h16H,5-9H2,1-4H3. The van der Waals surface area contributed by atoms with E-state index in [-0.39, 0.29) is 18.3 Å². The first-order valence-electron chi connectivity index (χ1n) is 5.70. The zero-order chi connectivity index (χ0) is 13.0. The number of alkyl halides is 3. The van der Waals surface area contributed by atoms with Gasteiger partial charge < -0.3 is 5.11 Å². The van der Waals surface area contributed by atoms with E-state index in [9.17, 15) is 18.3 Å². The van der Waals surface area contributed by atoms with Gasteiger partial charge >= 0.3 is 6.18 Å². The van der Waals surface area contributed by atoms with Gasteiger partial charge in [0.15, 0.2) is 0 Å². The van der Waals surface area contributed by atoms with Gasteiger partial charge in [0.25, 0.3) is 0 Å². The van der Waals surface area contributed by atoms with Gasteiger partial charge in [-0.1, -0.05) is 20.8 Å². The van der Waals surface area contributed by atoms with Gasteiger partial charge in [0.05, 0.1) is 5.60 Å². The Labute approximate surface area is 96.0 Å². The summed E-state index contributed by atoms with van der Waals surface area (Å²) in [6.07, 6.45) is -3.34. The van der Waals surface area contributed by atoms with E-state index in [2.05, 4.69) is 20.8 Å². The number of halogens is 3. The maximum atomic E-state index is 11.9. The van der Waals surface area contributed by atoms with Crippen molar-refractivity contribution in [1.29, 1.82) is 0 Å². The topological polar surface area (TPSA) is 20.2 Å². The number of rotatable bonds is 5. The summed E-state index contributed by atoms with van der Waals surface area (Å²) < 4.78 is 35.8. The van der Waals surface area contributed by atoms with Crippen LogP contribution < -0.4 is 0 Å². The molecule has 0 saturated carbocycles. The molecule has 0 aliphatic carbocycles. The second kappa shape index (κ2) is 5.39. The van der Waals surface area contributed by atoms with Crippen LogP contribution in [0.25, 0.3) is 0 Å². The van der Waals surface area contributed by atoms with E-state index in [4.69, 9.17) is 0 Å². The zero-order valence-electron chi connectivity index (χ0n) is 10.6. The highest BCUT2D eigenvalue weighted by atomic mass is 19.4. The average Bonchev–Trinajstić information content (AvgIpc) is 1.97. The second-order valence-corrected chi connectivity index (χ2v) is 6.03. The van der Waals surface area contributed by atoms with Gasteiger partial charge in [-0.2, -0.15) is 13.2 Å². The third-order valence-corrected chi connectivity index (χ3v) is 2.59. The third kappa shape index (κ3) is 10.3. The van der Waals surface area contributed by atoms with Gasteiger partial charge in [0.2, 0.25) is 0 Å². The Hall–Kier alpha value is -0.250. The van der Waals surface area contributed by atoms with Crippen LogP contribution in [0.5, 0.6) is 0 Å². The maximum Gasteiger partial charge on any atom is 0.389 e. The van der Waals surface area contributed by atoms with Crippen molar-refractivity contribution in [3.05, 3.63) is 0 Å². The summed E-state index contributed by atoms with van der Waals surface area (Å²) in [7, 11) is 0. The summed E-state index contributed by atoms with van der Waals surface area (Å²) in [6, 6.07) is 0. The van der Waals surface area contributed by atoms with Crippen LogP contribution in [0.1, 0.15) is 59.8 Å². The lowest BCUT2D eigenvalue weighted by molar-refractivity contribution is -0.137. The Morgan fingerprint density at radius 2 is 1.31 bits per heavy atom. The van der Waals surface area contributed by atoms with Gasteiger partial charge in [-0.25, -0.2) is 0 Å². The molecule has 0 bridgehead atoms. The molecule has 1 atom stereocenters. The van der Waals surface area contributed by atoms with Crippen molar-refractivity contribution < 1.29 is 18.3 Å². The molecule has 0 aliphatic heterocycles. The van der Waals surface area contributed by atoms with Crippen LogP contribution in [0.2, 0.25) is 0 Å². The van der Waals surface area contributed by atoms with Crippen LogP contribution in [0.15, 0.2) is 0 Å². The van der Waals surface area contributed by atoms with Crippen molar-refractivity contribution in [3.63, 3.8) is 0 Å². The molecule has 0 saturated heterocycles. The Kier molecular flexibility index (Phi) is 5.30. The lowest BCUT2D eigenvalue weighted by Gasteiger charge is -2.28. The molecular formula is C12H23F3O. The smallest absolute Gasteiger partial charge is 0.389 e. The molecule has 4 heteroatoms. The molecule has 0 aromatic heterocycles. The van der Waals surface area contributed by atoms with Crippen molar-refractivity contribution in [2.45, 2.75) is 71.6 Å². The highest BCUT2D eigenvalue weighted by molar-refractivity contribution is 4.76. The van der Waals surface area contributed by atoms with E-state index in [0.717, 1.165) is 6.42 Å². The first kappa shape index (κ1) is 15.8. The van der Waals surface area contributed by atoms with Gasteiger partial charge in [0.1, 0.15) is 0 Å². The van der Waals surface area contributed by atoms with Crippen molar-refractivity contribution in [1.82, 2.24) is 0 Å². The molecule has 0 aromatic carbocycles. The largest absolute Gasteiger partial charge is 0.390 e. The summed E-state index contributed by atoms with van der Waals surface area (Å²) in [6.45, 7) is 7.78. The van der Waals surface area contributed by atoms with E-state index in [1.165, 1.54) is 0 Å². The molecule has 0 aliphatic rings. The van der Waals surface area contributed by atoms with E-state index >= 15 is 0 Å². The summed E-state index contributed by atoms with van der Waals surface area (Å²) in [4.78, 5) is 0. The Bertz CT molecular complexity index is 201.